The largest absolute Gasteiger partial charge is 0.496 e. The van der Waals surface area contributed by atoms with E-state index < -0.39 is 11.9 Å². The Morgan fingerprint density at radius 3 is 2.54 bits per heavy atom. The van der Waals surface area contributed by atoms with Crippen LogP contribution >= 0.6 is 11.6 Å². The van der Waals surface area contributed by atoms with Crippen LogP contribution in [-0.4, -0.2) is 47.8 Å². The zero-order valence-corrected chi connectivity index (χ0v) is 26.8. The third kappa shape index (κ3) is 6.97. The lowest BCUT2D eigenvalue weighted by atomic mass is 9.99. The summed E-state index contributed by atoms with van der Waals surface area (Å²) in [5.74, 6) is 0.506. The molecule has 46 heavy (non-hydrogen) atoms. The van der Waals surface area contributed by atoms with Crippen LogP contribution in [0.4, 0.5) is 0 Å². The van der Waals surface area contributed by atoms with Crippen LogP contribution in [0, 0.1) is 6.92 Å². The van der Waals surface area contributed by atoms with E-state index in [2.05, 4.69) is 12.0 Å². The highest BCUT2D eigenvalue weighted by Gasteiger charge is 2.23. The van der Waals surface area contributed by atoms with E-state index in [1.165, 1.54) is 14.2 Å². The number of nitrogens with zero attached hydrogens (tertiary/aromatic N) is 2. The number of carboxylic acid groups (broad SMARTS) is 1. The molecule has 10 nitrogen and oxygen atoms in total. The maximum atomic E-state index is 12.6. The Morgan fingerprint density at radius 1 is 1.07 bits per heavy atom. The van der Waals surface area contributed by atoms with Gasteiger partial charge in [-0.3, -0.25) is 4.68 Å². The van der Waals surface area contributed by atoms with Gasteiger partial charge in [0.2, 0.25) is 6.79 Å². The maximum Gasteiger partial charge on any atom is 0.338 e. The van der Waals surface area contributed by atoms with E-state index in [1.54, 1.807) is 48.7 Å². The van der Waals surface area contributed by atoms with E-state index in [-0.39, 0.29) is 25.4 Å². The number of carbonyl (C=O) groups excluding carboxylic acids is 1. The first-order valence-corrected chi connectivity index (χ1v) is 15.2. The van der Waals surface area contributed by atoms with Crippen LogP contribution in [0.5, 0.6) is 23.0 Å². The van der Waals surface area contributed by atoms with Gasteiger partial charge < -0.3 is 28.8 Å². The molecule has 0 saturated carbocycles. The van der Waals surface area contributed by atoms with Gasteiger partial charge in [0.1, 0.15) is 18.1 Å². The minimum absolute atomic E-state index is 0.0526. The van der Waals surface area contributed by atoms with E-state index in [4.69, 9.17) is 35.3 Å². The number of carboxylic acids is 1. The predicted molar refractivity (Wildman–Crippen MR) is 173 cm³/mol. The Labute approximate surface area is 272 Å². The number of methoxy groups -OCH3 is 2. The smallest absolute Gasteiger partial charge is 0.338 e. The number of aliphatic carboxylic acids is 1. The Morgan fingerprint density at radius 2 is 1.83 bits per heavy atom. The highest BCUT2D eigenvalue weighted by atomic mass is 35.5. The van der Waals surface area contributed by atoms with Crippen molar-refractivity contribution in [2.45, 2.75) is 46.3 Å². The van der Waals surface area contributed by atoms with Gasteiger partial charge >= 0.3 is 11.9 Å². The van der Waals surface area contributed by atoms with Gasteiger partial charge in [-0.1, -0.05) is 43.1 Å². The highest BCUT2D eigenvalue weighted by Crippen LogP contribution is 2.41. The van der Waals surface area contributed by atoms with Crippen molar-refractivity contribution in [1.82, 2.24) is 9.78 Å². The molecule has 0 unspecified atom stereocenters. The topological polar surface area (TPSA) is 118 Å². The third-order valence-corrected chi connectivity index (χ3v) is 8.08. The molecule has 0 amide bonds. The number of esters is 1. The fourth-order valence-corrected chi connectivity index (χ4v) is 5.39. The van der Waals surface area contributed by atoms with Crippen LogP contribution in [0.2, 0.25) is 5.02 Å². The SMILES string of the molecule is CCCCn1ncc(C=C(Cc2cc3c(cc2OC)OCO3)C(=O)O)c1-c1cc(Cl)c(C)cc1OCc1ccccc1C(=O)OC. The molecule has 1 aliphatic heterocycles. The van der Waals surface area contributed by atoms with Crippen molar-refractivity contribution in [1.29, 1.82) is 0 Å². The molecule has 0 fully saturated rings. The first kappa shape index (κ1) is 32.4. The monoisotopic (exact) mass is 646 g/mol. The second-order valence-corrected chi connectivity index (χ2v) is 11.1. The van der Waals surface area contributed by atoms with Crippen molar-refractivity contribution in [2.24, 2.45) is 0 Å². The number of benzene rings is 3. The third-order valence-electron chi connectivity index (χ3n) is 7.67. The standard InChI is InChI=1S/C35H35ClN2O8/c1-5-6-11-38-33(27-16-28(36)21(2)12-30(27)44-19-22-9-7-8-10-26(22)35(41)43-4)25(18-37-38)14-24(34(39)40)13-23-15-31-32(46-20-45-31)17-29(23)42-3/h7-10,12,14-18H,5-6,11,13,19-20H2,1-4H3,(H,39,40). The lowest BCUT2D eigenvalue weighted by Crippen LogP contribution is -2.09. The van der Waals surface area contributed by atoms with Gasteiger partial charge in [-0.15, -0.1) is 0 Å². The quantitative estimate of drug-likeness (QED) is 0.120. The molecule has 4 aromatic rings. The number of carbonyl (C=O) groups is 2. The Kier molecular flexibility index (Phi) is 10.2. The molecule has 1 aromatic heterocycles. The minimum Gasteiger partial charge on any atom is -0.496 e. The van der Waals surface area contributed by atoms with Crippen molar-refractivity contribution in [2.75, 3.05) is 21.0 Å². The fourth-order valence-electron chi connectivity index (χ4n) is 5.22. The molecule has 5 rings (SSSR count). The number of ether oxygens (including phenoxy) is 5. The van der Waals surface area contributed by atoms with Gasteiger partial charge in [-0.2, -0.15) is 5.10 Å². The molecule has 240 valence electrons. The summed E-state index contributed by atoms with van der Waals surface area (Å²) in [6.45, 7) is 4.72. The van der Waals surface area contributed by atoms with E-state index in [9.17, 15) is 14.7 Å². The molecule has 0 aliphatic carbocycles. The maximum absolute atomic E-state index is 12.6. The van der Waals surface area contributed by atoms with Gasteiger partial charge in [0.05, 0.1) is 31.7 Å². The summed E-state index contributed by atoms with van der Waals surface area (Å²) >= 11 is 6.67. The summed E-state index contributed by atoms with van der Waals surface area (Å²) in [4.78, 5) is 25.0. The second-order valence-electron chi connectivity index (χ2n) is 10.7. The van der Waals surface area contributed by atoms with Gasteiger partial charge in [0.15, 0.2) is 11.5 Å². The number of aryl methyl sites for hydroxylation is 2. The number of aromatic nitrogens is 2. The lowest BCUT2D eigenvalue weighted by molar-refractivity contribution is -0.132. The summed E-state index contributed by atoms with van der Waals surface area (Å²) < 4.78 is 29.7. The fraction of sp³-hybridized carbons (Fsp3) is 0.286. The van der Waals surface area contributed by atoms with E-state index in [0.29, 0.717) is 68.1 Å². The molecule has 0 atom stereocenters. The molecule has 1 N–H and O–H groups in total. The molecule has 0 spiro atoms. The number of hydrogen-bond acceptors (Lipinski definition) is 8. The van der Waals surface area contributed by atoms with Crippen LogP contribution in [-0.2, 0) is 29.1 Å². The summed E-state index contributed by atoms with van der Waals surface area (Å²) in [5.41, 5.74) is 4.46. The number of rotatable bonds is 13. The molecule has 0 bridgehead atoms. The Bertz CT molecular complexity index is 1800. The van der Waals surface area contributed by atoms with E-state index in [0.717, 1.165) is 18.4 Å². The lowest BCUT2D eigenvalue weighted by Gasteiger charge is -2.17. The first-order chi connectivity index (χ1) is 22.2. The average Bonchev–Trinajstić information content (AvgIpc) is 3.69. The molecular formula is C35H35ClN2O8. The van der Waals surface area contributed by atoms with Gasteiger partial charge in [0, 0.05) is 51.9 Å². The molecular weight excluding hydrogens is 612 g/mol. The van der Waals surface area contributed by atoms with E-state index >= 15 is 0 Å². The van der Waals surface area contributed by atoms with Crippen molar-refractivity contribution in [3.63, 3.8) is 0 Å². The second kappa shape index (κ2) is 14.4. The van der Waals surface area contributed by atoms with Crippen LogP contribution < -0.4 is 18.9 Å². The van der Waals surface area contributed by atoms with Gasteiger partial charge in [0.25, 0.3) is 0 Å². The predicted octanol–water partition coefficient (Wildman–Crippen LogP) is 7.13. The highest BCUT2D eigenvalue weighted by molar-refractivity contribution is 6.31. The summed E-state index contributed by atoms with van der Waals surface area (Å²) in [5, 5.41) is 15.5. The summed E-state index contributed by atoms with van der Waals surface area (Å²) in [7, 11) is 2.86. The normalized spacial score (nSPS) is 12.2. The molecule has 3 aromatic carbocycles. The first-order valence-electron chi connectivity index (χ1n) is 14.8. The number of halogens is 1. The molecule has 1 aliphatic rings. The summed E-state index contributed by atoms with van der Waals surface area (Å²) in [6.07, 6.45) is 5.09. The van der Waals surface area contributed by atoms with E-state index in [1.807, 2.05) is 23.7 Å². The van der Waals surface area contributed by atoms with Gasteiger partial charge in [-0.25, -0.2) is 9.59 Å². The molecule has 0 radical (unpaired) electrons. The molecule has 0 saturated heterocycles. The van der Waals surface area contributed by atoms with Crippen LogP contribution in [0.1, 0.15) is 52.4 Å². The molecule has 11 heteroatoms. The van der Waals surface area contributed by atoms with Crippen molar-refractivity contribution >= 4 is 29.6 Å². The number of unbranched alkanes of at least 4 members (excludes halogenated alkanes) is 1. The Hall–Kier alpha value is -4.96. The van der Waals surface area contributed by atoms with Crippen LogP contribution in [0.25, 0.3) is 17.3 Å². The zero-order chi connectivity index (χ0) is 32.8. The molecule has 2 heterocycles. The Balaban J connectivity index is 1.59. The van der Waals surface area contributed by atoms with Crippen LogP contribution in [0.3, 0.4) is 0 Å². The van der Waals surface area contributed by atoms with Crippen molar-refractivity contribution in [3.8, 4) is 34.3 Å². The average molecular weight is 647 g/mol. The van der Waals surface area contributed by atoms with Crippen LogP contribution in [0.15, 0.2) is 60.3 Å². The van der Waals surface area contributed by atoms with Crippen molar-refractivity contribution < 1.29 is 38.4 Å². The van der Waals surface area contributed by atoms with Crippen molar-refractivity contribution in [3.05, 3.63) is 93.1 Å². The number of fused-ring (bicyclic) bond motifs is 1. The summed E-state index contributed by atoms with van der Waals surface area (Å²) in [6, 6.07) is 14.1. The minimum atomic E-state index is -1.09. The van der Waals surface area contributed by atoms with Gasteiger partial charge in [-0.05, 0) is 49.2 Å². The number of hydrogen-bond donors (Lipinski definition) is 1. The zero-order valence-electron chi connectivity index (χ0n) is 26.1.